The second-order valence-electron chi connectivity index (χ2n) is 9.53. The highest BCUT2D eigenvalue weighted by Crippen LogP contribution is 2.20. The monoisotopic (exact) mass is 585 g/mol. The number of aromatic hydroxyl groups is 1. The molecule has 0 radical (unpaired) electrons. The zero-order valence-electron chi connectivity index (χ0n) is 22.5. The fraction of sp³-hybridized carbons (Fsp3) is 0.357. The van der Waals surface area contributed by atoms with Gasteiger partial charge in [0.1, 0.15) is 29.9 Å². The van der Waals surface area contributed by atoms with Crippen LogP contribution in [0.2, 0.25) is 0 Å². The molecule has 0 fully saturated rings. The lowest BCUT2D eigenvalue weighted by Crippen LogP contribution is -2.58. The molecule has 12 nitrogen and oxygen atoms in total. The molecule has 3 rings (SSSR count). The number of carboxylic acid groups (broad SMARTS) is 1. The van der Waals surface area contributed by atoms with Gasteiger partial charge < -0.3 is 42.0 Å². The fourth-order valence-electron chi connectivity index (χ4n) is 4.21. The molecule has 220 valence electrons. The Bertz CT molecular complexity index is 1350. The number of nitrogens with two attached hydrogens (primary N) is 1. The highest BCUT2D eigenvalue weighted by molar-refractivity contribution is 7.98. The maximum atomic E-state index is 13.5. The van der Waals surface area contributed by atoms with Crippen LogP contribution in [0.3, 0.4) is 0 Å². The normalized spacial score (nSPS) is 14.0. The largest absolute Gasteiger partial charge is 0.508 e. The number of aliphatic hydroxyl groups excluding tert-OH is 1. The Hall–Kier alpha value is -4.07. The van der Waals surface area contributed by atoms with E-state index in [4.69, 9.17) is 5.73 Å². The fourth-order valence-corrected chi connectivity index (χ4v) is 4.68. The highest BCUT2D eigenvalue weighted by Gasteiger charge is 2.31. The summed E-state index contributed by atoms with van der Waals surface area (Å²) in [6.07, 6.45) is 3.77. The number of aliphatic hydroxyl groups is 1. The van der Waals surface area contributed by atoms with E-state index in [1.807, 2.05) is 30.5 Å². The van der Waals surface area contributed by atoms with E-state index in [9.17, 15) is 34.5 Å². The standard InChI is InChI=1S/C28H35N5O7S/c1-41-11-10-22(31-25(36)20(29)15-34)26(37)32-23(13-17-14-30-21-5-3-2-4-19(17)21)27(38)33-24(28(39)40)12-16-6-8-18(35)9-7-16/h2-9,14,20,22-24,30,34-35H,10-13,15,29H2,1H3,(H,31,36)(H,32,37)(H,33,38)(H,39,40). The minimum absolute atomic E-state index is 0.0224. The van der Waals surface area contributed by atoms with Crippen molar-refractivity contribution in [2.45, 2.75) is 43.4 Å². The number of carbonyl (C=O) groups excluding carboxylic acids is 3. The van der Waals surface area contributed by atoms with Crippen LogP contribution in [0.15, 0.2) is 54.7 Å². The number of aromatic amines is 1. The summed E-state index contributed by atoms with van der Waals surface area (Å²) in [5.41, 5.74) is 7.73. The molecule has 0 aliphatic carbocycles. The van der Waals surface area contributed by atoms with Gasteiger partial charge in [-0.3, -0.25) is 14.4 Å². The summed E-state index contributed by atoms with van der Waals surface area (Å²) in [7, 11) is 0. The van der Waals surface area contributed by atoms with Gasteiger partial charge in [0.25, 0.3) is 0 Å². The van der Waals surface area contributed by atoms with Crippen molar-refractivity contribution in [1.29, 1.82) is 0 Å². The second kappa shape index (κ2) is 15.1. The van der Waals surface area contributed by atoms with Crippen LogP contribution >= 0.6 is 11.8 Å². The first-order valence-electron chi connectivity index (χ1n) is 12.9. The molecule has 3 amide bonds. The van der Waals surface area contributed by atoms with Gasteiger partial charge >= 0.3 is 5.97 Å². The molecule has 9 N–H and O–H groups in total. The first-order chi connectivity index (χ1) is 19.6. The lowest BCUT2D eigenvalue weighted by atomic mass is 10.0. The summed E-state index contributed by atoms with van der Waals surface area (Å²) in [4.78, 5) is 54.4. The van der Waals surface area contributed by atoms with Gasteiger partial charge in [0.05, 0.1) is 6.61 Å². The number of phenols is 1. The maximum Gasteiger partial charge on any atom is 0.326 e. The van der Waals surface area contributed by atoms with Crippen molar-refractivity contribution in [1.82, 2.24) is 20.9 Å². The van der Waals surface area contributed by atoms with Gasteiger partial charge in [-0.1, -0.05) is 30.3 Å². The number of carbonyl (C=O) groups is 4. The zero-order chi connectivity index (χ0) is 29.9. The number of phenolic OH excluding ortho intramolecular Hbond substituents is 1. The Kier molecular flexibility index (Phi) is 11.6. The first-order valence-corrected chi connectivity index (χ1v) is 14.3. The third kappa shape index (κ3) is 8.96. The number of H-pyrrole nitrogens is 1. The van der Waals surface area contributed by atoms with E-state index in [1.165, 1.54) is 23.9 Å². The predicted molar refractivity (Wildman–Crippen MR) is 155 cm³/mol. The van der Waals surface area contributed by atoms with E-state index in [2.05, 4.69) is 20.9 Å². The van der Waals surface area contributed by atoms with Gasteiger partial charge in [0.15, 0.2) is 0 Å². The number of aromatic nitrogens is 1. The van der Waals surface area contributed by atoms with Gasteiger partial charge in [-0.15, -0.1) is 0 Å². The van der Waals surface area contributed by atoms with Crippen LogP contribution in [0.5, 0.6) is 5.75 Å². The summed E-state index contributed by atoms with van der Waals surface area (Å²) in [5, 5.41) is 37.1. The third-order valence-corrected chi connectivity index (χ3v) is 7.14. The Labute approximate surface area is 241 Å². The van der Waals surface area contributed by atoms with Crippen LogP contribution in [0, 0.1) is 0 Å². The zero-order valence-corrected chi connectivity index (χ0v) is 23.3. The highest BCUT2D eigenvalue weighted by atomic mass is 32.2. The molecule has 3 aromatic rings. The number of fused-ring (bicyclic) bond motifs is 1. The Morgan fingerprint density at radius 3 is 2.20 bits per heavy atom. The minimum Gasteiger partial charge on any atom is -0.508 e. The Balaban J connectivity index is 1.86. The van der Waals surface area contributed by atoms with Crippen LogP contribution in [0.1, 0.15) is 17.5 Å². The predicted octanol–water partition coefficient (Wildman–Crippen LogP) is 0.270. The number of para-hydroxylation sites is 1. The van der Waals surface area contributed by atoms with Gasteiger partial charge in [-0.25, -0.2) is 4.79 Å². The number of carboxylic acids is 1. The van der Waals surface area contributed by atoms with Crippen molar-refractivity contribution in [3.05, 3.63) is 65.9 Å². The number of nitrogens with one attached hydrogen (secondary N) is 4. The lowest BCUT2D eigenvalue weighted by molar-refractivity contribution is -0.142. The quantitative estimate of drug-likeness (QED) is 0.123. The molecular weight excluding hydrogens is 550 g/mol. The smallest absolute Gasteiger partial charge is 0.326 e. The number of thioether (sulfide) groups is 1. The molecule has 0 aliphatic heterocycles. The summed E-state index contributed by atoms with van der Waals surface area (Å²) in [5.74, 6) is -2.83. The van der Waals surface area contributed by atoms with Crippen LogP contribution in [-0.2, 0) is 32.0 Å². The van der Waals surface area contributed by atoms with E-state index >= 15 is 0 Å². The van der Waals surface area contributed by atoms with Gasteiger partial charge in [-0.05, 0) is 47.8 Å². The summed E-state index contributed by atoms with van der Waals surface area (Å²) >= 11 is 1.46. The average molecular weight is 586 g/mol. The molecule has 4 unspecified atom stereocenters. The lowest BCUT2D eigenvalue weighted by Gasteiger charge is -2.25. The molecule has 4 atom stereocenters. The van der Waals surface area contributed by atoms with Crippen molar-refractivity contribution >= 4 is 46.4 Å². The molecule has 0 spiro atoms. The minimum atomic E-state index is -1.32. The van der Waals surface area contributed by atoms with Crippen molar-refractivity contribution < 1.29 is 34.5 Å². The molecule has 0 saturated carbocycles. The SMILES string of the molecule is CSCCC(NC(=O)C(N)CO)C(=O)NC(Cc1c[nH]c2ccccc12)C(=O)NC(Cc1ccc(O)cc1)C(=O)O. The van der Waals surface area contributed by atoms with E-state index in [0.29, 0.717) is 11.3 Å². The van der Waals surface area contributed by atoms with Crippen molar-refractivity contribution in [2.24, 2.45) is 5.73 Å². The summed E-state index contributed by atoms with van der Waals surface area (Å²) in [6.45, 7) is -0.605. The van der Waals surface area contributed by atoms with E-state index in [1.54, 1.807) is 18.3 Å². The number of amides is 3. The number of hydrogen-bond acceptors (Lipinski definition) is 8. The summed E-state index contributed by atoms with van der Waals surface area (Å²) in [6, 6.07) is 8.59. The second-order valence-corrected chi connectivity index (χ2v) is 10.5. The van der Waals surface area contributed by atoms with Crippen molar-refractivity contribution in [2.75, 3.05) is 18.6 Å². The molecule has 41 heavy (non-hydrogen) atoms. The maximum absolute atomic E-state index is 13.5. The number of hydrogen-bond donors (Lipinski definition) is 8. The molecule has 0 saturated heterocycles. The third-order valence-electron chi connectivity index (χ3n) is 6.50. The van der Waals surface area contributed by atoms with Crippen LogP contribution in [0.25, 0.3) is 10.9 Å². The van der Waals surface area contributed by atoms with E-state index in [-0.39, 0.29) is 25.0 Å². The van der Waals surface area contributed by atoms with Crippen LogP contribution < -0.4 is 21.7 Å². The number of rotatable bonds is 15. The van der Waals surface area contributed by atoms with Crippen LogP contribution in [-0.4, -0.2) is 86.8 Å². The molecular formula is C28H35N5O7S. The van der Waals surface area contributed by atoms with Gasteiger partial charge in [0.2, 0.25) is 17.7 Å². The molecule has 1 heterocycles. The molecule has 13 heteroatoms. The van der Waals surface area contributed by atoms with Gasteiger partial charge in [0, 0.05) is 29.9 Å². The number of aliphatic carboxylic acids is 1. The average Bonchev–Trinajstić information content (AvgIpc) is 3.37. The molecule has 0 bridgehead atoms. The number of benzene rings is 2. The van der Waals surface area contributed by atoms with Crippen molar-refractivity contribution in [3.8, 4) is 5.75 Å². The van der Waals surface area contributed by atoms with Crippen molar-refractivity contribution in [3.63, 3.8) is 0 Å². The van der Waals surface area contributed by atoms with E-state index in [0.717, 1.165) is 16.5 Å². The first kappa shape index (κ1) is 31.5. The molecule has 2 aromatic carbocycles. The molecule has 1 aromatic heterocycles. The molecule has 0 aliphatic rings. The van der Waals surface area contributed by atoms with Crippen LogP contribution in [0.4, 0.5) is 0 Å². The Morgan fingerprint density at radius 2 is 1.54 bits per heavy atom. The summed E-state index contributed by atoms with van der Waals surface area (Å²) < 4.78 is 0. The van der Waals surface area contributed by atoms with E-state index < -0.39 is 54.5 Å². The van der Waals surface area contributed by atoms with Gasteiger partial charge in [-0.2, -0.15) is 11.8 Å². The Morgan fingerprint density at radius 1 is 0.902 bits per heavy atom. The topological polar surface area (TPSA) is 207 Å².